The van der Waals surface area contributed by atoms with Crippen LogP contribution in [0.25, 0.3) is 0 Å². The Morgan fingerprint density at radius 1 is 1.40 bits per heavy atom. The molecule has 0 saturated heterocycles. The standard InChI is InChI=1S/C13H19FN2O3S/c1-16(4-5-19-9-10-2-3-10)20(17,18)13-7-11(14)6-12(15)8-13/h6-8,10H,2-5,9,15H2,1H3. The highest BCUT2D eigenvalue weighted by Gasteiger charge is 2.23. The fraction of sp³-hybridized carbons (Fsp3) is 0.538. The van der Waals surface area contributed by atoms with Gasteiger partial charge in [0.25, 0.3) is 0 Å². The first-order valence-electron chi connectivity index (χ1n) is 6.50. The molecule has 1 aliphatic rings. The van der Waals surface area contributed by atoms with Crippen molar-refractivity contribution in [2.75, 3.05) is 32.5 Å². The largest absolute Gasteiger partial charge is 0.399 e. The summed E-state index contributed by atoms with van der Waals surface area (Å²) in [6, 6.07) is 3.30. The van der Waals surface area contributed by atoms with Gasteiger partial charge >= 0.3 is 0 Å². The molecule has 7 heteroatoms. The number of nitrogen functional groups attached to an aromatic ring is 1. The predicted molar refractivity (Wildman–Crippen MR) is 74.2 cm³/mol. The third kappa shape index (κ3) is 3.91. The van der Waals surface area contributed by atoms with Crippen LogP contribution in [0, 0.1) is 11.7 Å². The number of halogens is 1. The van der Waals surface area contributed by atoms with E-state index in [1.54, 1.807) is 0 Å². The maximum atomic E-state index is 13.2. The minimum Gasteiger partial charge on any atom is -0.399 e. The van der Waals surface area contributed by atoms with E-state index in [0.717, 1.165) is 16.4 Å². The van der Waals surface area contributed by atoms with Gasteiger partial charge in [-0.2, -0.15) is 4.31 Å². The third-order valence-corrected chi connectivity index (χ3v) is 5.04. The van der Waals surface area contributed by atoms with Crippen LogP contribution in [0.3, 0.4) is 0 Å². The molecule has 20 heavy (non-hydrogen) atoms. The molecule has 0 heterocycles. The summed E-state index contributed by atoms with van der Waals surface area (Å²) in [6.07, 6.45) is 2.38. The van der Waals surface area contributed by atoms with Crippen molar-refractivity contribution in [3.63, 3.8) is 0 Å². The smallest absolute Gasteiger partial charge is 0.243 e. The summed E-state index contributed by atoms with van der Waals surface area (Å²) in [5.41, 5.74) is 5.56. The minimum absolute atomic E-state index is 0.0851. The van der Waals surface area contributed by atoms with Gasteiger partial charge in [0.05, 0.1) is 11.5 Å². The lowest BCUT2D eigenvalue weighted by molar-refractivity contribution is 0.117. The van der Waals surface area contributed by atoms with Gasteiger partial charge in [0.2, 0.25) is 10.0 Å². The topological polar surface area (TPSA) is 72.6 Å². The Kier molecular flexibility index (Phi) is 4.62. The number of likely N-dealkylation sites (N-methyl/N-ethyl adjacent to an activating group) is 1. The van der Waals surface area contributed by atoms with E-state index in [4.69, 9.17) is 10.5 Å². The normalized spacial score (nSPS) is 15.8. The lowest BCUT2D eigenvalue weighted by atomic mass is 10.3. The molecule has 0 amide bonds. The van der Waals surface area contributed by atoms with Crippen molar-refractivity contribution in [2.24, 2.45) is 5.92 Å². The zero-order chi connectivity index (χ0) is 14.8. The summed E-state index contributed by atoms with van der Waals surface area (Å²) < 4.78 is 44.2. The van der Waals surface area contributed by atoms with E-state index in [-0.39, 0.29) is 17.1 Å². The van der Waals surface area contributed by atoms with Gasteiger partial charge in [0.1, 0.15) is 5.82 Å². The van der Waals surface area contributed by atoms with Crippen molar-refractivity contribution in [2.45, 2.75) is 17.7 Å². The zero-order valence-electron chi connectivity index (χ0n) is 11.4. The monoisotopic (exact) mass is 302 g/mol. The molecule has 1 fully saturated rings. The van der Waals surface area contributed by atoms with Crippen molar-refractivity contribution < 1.29 is 17.5 Å². The van der Waals surface area contributed by atoms with Gasteiger partial charge in [0, 0.05) is 25.9 Å². The Hall–Kier alpha value is -1.18. The molecule has 0 bridgehead atoms. The number of benzene rings is 1. The van der Waals surface area contributed by atoms with E-state index < -0.39 is 15.8 Å². The Morgan fingerprint density at radius 2 is 2.10 bits per heavy atom. The average molecular weight is 302 g/mol. The van der Waals surface area contributed by atoms with Crippen LogP contribution in [0.15, 0.2) is 23.1 Å². The molecule has 1 saturated carbocycles. The van der Waals surface area contributed by atoms with E-state index in [9.17, 15) is 12.8 Å². The molecular weight excluding hydrogens is 283 g/mol. The third-order valence-electron chi connectivity index (χ3n) is 3.20. The molecule has 5 nitrogen and oxygen atoms in total. The van der Waals surface area contributed by atoms with Crippen LogP contribution < -0.4 is 5.73 Å². The second kappa shape index (κ2) is 6.07. The second-order valence-electron chi connectivity index (χ2n) is 5.07. The van der Waals surface area contributed by atoms with Crippen LogP contribution in [0.5, 0.6) is 0 Å². The molecule has 1 aromatic rings. The number of nitrogens with zero attached hydrogens (tertiary/aromatic N) is 1. The average Bonchev–Trinajstić information content (AvgIpc) is 3.17. The summed E-state index contributed by atoms with van der Waals surface area (Å²) in [5.74, 6) is -0.0260. The summed E-state index contributed by atoms with van der Waals surface area (Å²) >= 11 is 0. The minimum atomic E-state index is -3.74. The number of rotatable bonds is 7. The summed E-state index contributed by atoms with van der Waals surface area (Å²) in [4.78, 5) is -0.139. The summed E-state index contributed by atoms with van der Waals surface area (Å²) in [7, 11) is -2.29. The van der Waals surface area contributed by atoms with Gasteiger partial charge in [0.15, 0.2) is 0 Å². The van der Waals surface area contributed by atoms with Gasteiger partial charge in [-0.25, -0.2) is 12.8 Å². The quantitative estimate of drug-likeness (QED) is 0.611. The molecule has 0 radical (unpaired) electrons. The Bertz CT molecular complexity index is 553. The molecule has 0 aliphatic heterocycles. The number of nitrogens with two attached hydrogens (primary N) is 1. The highest BCUT2D eigenvalue weighted by molar-refractivity contribution is 7.89. The van der Waals surface area contributed by atoms with Gasteiger partial charge < -0.3 is 10.5 Å². The number of sulfonamides is 1. The number of hydrogen-bond acceptors (Lipinski definition) is 4. The molecule has 2 rings (SSSR count). The second-order valence-corrected chi connectivity index (χ2v) is 7.11. The molecule has 112 valence electrons. The van der Waals surface area contributed by atoms with Crippen molar-refractivity contribution in [1.29, 1.82) is 0 Å². The fourth-order valence-electron chi connectivity index (χ4n) is 1.76. The first-order chi connectivity index (χ1) is 9.39. The van der Waals surface area contributed by atoms with E-state index >= 15 is 0 Å². The first-order valence-corrected chi connectivity index (χ1v) is 7.94. The number of anilines is 1. The molecular formula is C13H19FN2O3S. The highest BCUT2D eigenvalue weighted by Crippen LogP contribution is 2.28. The molecule has 0 unspecified atom stereocenters. The van der Waals surface area contributed by atoms with Crippen molar-refractivity contribution in [1.82, 2.24) is 4.31 Å². The molecule has 0 spiro atoms. The van der Waals surface area contributed by atoms with Crippen LogP contribution in [-0.4, -0.2) is 39.5 Å². The van der Waals surface area contributed by atoms with E-state index in [1.165, 1.54) is 26.0 Å². The highest BCUT2D eigenvalue weighted by atomic mass is 32.2. The zero-order valence-corrected chi connectivity index (χ0v) is 12.2. The lowest BCUT2D eigenvalue weighted by Gasteiger charge is -2.17. The Morgan fingerprint density at radius 3 is 2.70 bits per heavy atom. The first kappa shape index (κ1) is 15.2. The van der Waals surface area contributed by atoms with Gasteiger partial charge in [-0.15, -0.1) is 0 Å². The lowest BCUT2D eigenvalue weighted by Crippen LogP contribution is -2.30. The van der Waals surface area contributed by atoms with Crippen LogP contribution in [0.1, 0.15) is 12.8 Å². The van der Waals surface area contributed by atoms with E-state index in [0.29, 0.717) is 19.1 Å². The molecule has 0 aromatic heterocycles. The predicted octanol–water partition coefficient (Wildman–Crippen LogP) is 1.45. The van der Waals surface area contributed by atoms with Crippen molar-refractivity contribution in [3.8, 4) is 0 Å². The van der Waals surface area contributed by atoms with E-state index in [2.05, 4.69) is 0 Å². The number of hydrogen-bond donors (Lipinski definition) is 1. The fourth-order valence-corrected chi connectivity index (χ4v) is 2.98. The summed E-state index contributed by atoms with van der Waals surface area (Å²) in [6.45, 7) is 1.24. The van der Waals surface area contributed by atoms with Crippen LogP contribution in [-0.2, 0) is 14.8 Å². The summed E-state index contributed by atoms with van der Waals surface area (Å²) in [5, 5.41) is 0. The number of ether oxygens (including phenoxy) is 1. The van der Waals surface area contributed by atoms with Gasteiger partial charge in [-0.1, -0.05) is 0 Å². The Labute approximate surface area is 118 Å². The van der Waals surface area contributed by atoms with Crippen LogP contribution >= 0.6 is 0 Å². The maximum absolute atomic E-state index is 13.2. The van der Waals surface area contributed by atoms with Gasteiger partial charge in [-0.3, -0.25) is 0 Å². The molecule has 0 atom stereocenters. The molecule has 1 aliphatic carbocycles. The Balaban J connectivity index is 1.96. The molecule has 1 aromatic carbocycles. The van der Waals surface area contributed by atoms with E-state index in [1.807, 2.05) is 0 Å². The SMILES string of the molecule is CN(CCOCC1CC1)S(=O)(=O)c1cc(N)cc(F)c1. The van der Waals surface area contributed by atoms with Crippen molar-refractivity contribution >= 4 is 15.7 Å². The molecule has 2 N–H and O–H groups in total. The van der Waals surface area contributed by atoms with Crippen LogP contribution in [0.2, 0.25) is 0 Å². The van der Waals surface area contributed by atoms with Crippen molar-refractivity contribution in [3.05, 3.63) is 24.0 Å². The van der Waals surface area contributed by atoms with Crippen LogP contribution in [0.4, 0.5) is 10.1 Å². The van der Waals surface area contributed by atoms with Gasteiger partial charge in [-0.05, 0) is 37.0 Å². The maximum Gasteiger partial charge on any atom is 0.243 e.